The van der Waals surface area contributed by atoms with Crippen LogP contribution in [0.5, 0.6) is 23.0 Å². The van der Waals surface area contributed by atoms with Gasteiger partial charge in [0.25, 0.3) is 0 Å². The fourth-order valence-electron chi connectivity index (χ4n) is 4.91. The topological polar surface area (TPSA) is 80.9 Å². The van der Waals surface area contributed by atoms with Crippen LogP contribution < -0.4 is 0 Å². The Morgan fingerprint density at radius 3 is 0.975 bits per heavy atom. The van der Waals surface area contributed by atoms with Crippen molar-refractivity contribution in [2.45, 2.75) is 53.4 Å². The molecule has 0 fully saturated rings. The summed E-state index contributed by atoms with van der Waals surface area (Å²) in [4.78, 5) is 0. The predicted molar refractivity (Wildman–Crippen MR) is 164 cm³/mol. The molecule has 4 atom stereocenters. The zero-order valence-electron chi connectivity index (χ0n) is 24.2. The van der Waals surface area contributed by atoms with Gasteiger partial charge in [0, 0.05) is 0 Å². The maximum Gasteiger partial charge on any atom is 0.157 e. The molecule has 0 radical (unpaired) electrons. The summed E-state index contributed by atoms with van der Waals surface area (Å²) in [5.41, 5.74) is 4.85. The predicted octanol–water partition coefficient (Wildman–Crippen LogP) is 8.31. The van der Waals surface area contributed by atoms with Gasteiger partial charge in [-0.2, -0.15) is 0 Å². The van der Waals surface area contributed by atoms with E-state index in [1.165, 1.54) is 36.1 Å². The van der Waals surface area contributed by atoms with Gasteiger partial charge < -0.3 is 20.4 Å². The van der Waals surface area contributed by atoms with Gasteiger partial charge in [0.1, 0.15) is 0 Å². The number of rotatable bonds is 10. The Morgan fingerprint density at radius 1 is 0.375 bits per heavy atom. The number of hydrogen-bond acceptors (Lipinski definition) is 4. The van der Waals surface area contributed by atoms with Gasteiger partial charge in [0.05, 0.1) is 0 Å². The van der Waals surface area contributed by atoms with Gasteiger partial charge in [0.2, 0.25) is 0 Å². The molecule has 2 unspecified atom stereocenters. The lowest BCUT2D eigenvalue weighted by molar-refractivity contribution is 0.377. The summed E-state index contributed by atoms with van der Waals surface area (Å²) in [7, 11) is 0. The van der Waals surface area contributed by atoms with Crippen LogP contribution in [0.15, 0.2) is 97.1 Å². The lowest BCUT2D eigenvalue weighted by Gasteiger charge is -2.20. The van der Waals surface area contributed by atoms with Crippen LogP contribution in [0, 0.1) is 23.7 Å². The van der Waals surface area contributed by atoms with Gasteiger partial charge in [-0.3, -0.25) is 0 Å². The van der Waals surface area contributed by atoms with Crippen molar-refractivity contribution in [1.29, 1.82) is 0 Å². The number of phenols is 4. The molecular weight excluding hydrogens is 496 g/mol. The van der Waals surface area contributed by atoms with Crippen LogP contribution in [0.1, 0.15) is 49.9 Å². The van der Waals surface area contributed by atoms with Crippen molar-refractivity contribution < 1.29 is 20.4 Å². The van der Waals surface area contributed by atoms with Crippen molar-refractivity contribution in [1.82, 2.24) is 0 Å². The molecule has 4 aromatic rings. The molecule has 4 rings (SSSR count). The lowest BCUT2D eigenvalue weighted by atomic mass is 9.85. The minimum atomic E-state index is -0.107. The van der Waals surface area contributed by atoms with Crippen LogP contribution >= 0.6 is 0 Å². The molecule has 0 aliphatic carbocycles. The van der Waals surface area contributed by atoms with Gasteiger partial charge in [0.15, 0.2) is 23.0 Å². The molecular formula is C36H44O4. The Hall–Kier alpha value is -3.92. The SMILES string of the molecule is CC(Cc1ccccc1)C(C)Cc1ccccc1.C[C@H](Cc1ccc(O)c(O)c1)[C@@H](C)Cc1ccc(O)c(O)c1. The summed E-state index contributed by atoms with van der Waals surface area (Å²) in [5, 5.41) is 37.8. The second-order valence-corrected chi connectivity index (χ2v) is 11.3. The first-order valence-corrected chi connectivity index (χ1v) is 14.2. The second kappa shape index (κ2) is 15.0. The average molecular weight is 541 g/mol. The van der Waals surface area contributed by atoms with Gasteiger partial charge in [-0.1, -0.05) is 100 Å². The Kier molecular flexibility index (Phi) is 11.5. The summed E-state index contributed by atoms with van der Waals surface area (Å²) < 4.78 is 0. The van der Waals surface area contributed by atoms with Gasteiger partial charge >= 0.3 is 0 Å². The van der Waals surface area contributed by atoms with Crippen LogP contribution in [0.2, 0.25) is 0 Å². The summed E-state index contributed by atoms with van der Waals surface area (Å²) >= 11 is 0. The molecule has 212 valence electrons. The third-order valence-corrected chi connectivity index (χ3v) is 7.94. The van der Waals surface area contributed by atoms with Crippen molar-refractivity contribution in [3.63, 3.8) is 0 Å². The van der Waals surface area contributed by atoms with E-state index < -0.39 is 0 Å². The largest absolute Gasteiger partial charge is 0.504 e. The third-order valence-electron chi connectivity index (χ3n) is 7.94. The maximum atomic E-state index is 9.54. The summed E-state index contributed by atoms with van der Waals surface area (Å²) in [6.07, 6.45) is 3.93. The van der Waals surface area contributed by atoms with Crippen molar-refractivity contribution in [3.05, 3.63) is 119 Å². The molecule has 0 spiro atoms. The molecule has 0 heterocycles. The molecule has 0 saturated heterocycles. The number of phenolic OH excluding ortho intramolecular Hbond substituents is 4. The van der Waals surface area contributed by atoms with Crippen LogP contribution in [0.25, 0.3) is 0 Å². The van der Waals surface area contributed by atoms with Crippen LogP contribution in [0.4, 0.5) is 0 Å². The molecule has 4 aromatic carbocycles. The molecule has 0 bridgehead atoms. The zero-order chi connectivity index (χ0) is 29.1. The zero-order valence-corrected chi connectivity index (χ0v) is 24.2. The van der Waals surface area contributed by atoms with E-state index in [2.05, 4.69) is 88.4 Å². The molecule has 0 aromatic heterocycles. The Labute approximate surface area is 239 Å². The number of aromatic hydroxyl groups is 4. The monoisotopic (exact) mass is 540 g/mol. The molecule has 40 heavy (non-hydrogen) atoms. The Balaban J connectivity index is 0.000000225. The van der Waals surface area contributed by atoms with E-state index in [0.29, 0.717) is 23.7 Å². The molecule has 0 amide bonds. The molecule has 4 nitrogen and oxygen atoms in total. The van der Waals surface area contributed by atoms with E-state index >= 15 is 0 Å². The smallest absolute Gasteiger partial charge is 0.157 e. The first-order valence-electron chi connectivity index (χ1n) is 14.2. The van der Waals surface area contributed by atoms with Crippen LogP contribution in [-0.2, 0) is 25.7 Å². The lowest BCUT2D eigenvalue weighted by Crippen LogP contribution is -2.13. The van der Waals surface area contributed by atoms with Crippen molar-refractivity contribution in [2.75, 3.05) is 0 Å². The quantitative estimate of drug-likeness (QED) is 0.153. The fourth-order valence-corrected chi connectivity index (χ4v) is 4.91. The second-order valence-electron chi connectivity index (χ2n) is 11.3. The minimum Gasteiger partial charge on any atom is -0.504 e. The van der Waals surface area contributed by atoms with E-state index in [1.807, 2.05) is 12.1 Å². The van der Waals surface area contributed by atoms with E-state index in [4.69, 9.17) is 0 Å². The summed E-state index contributed by atoms with van der Waals surface area (Å²) in [5.74, 6) is 1.75. The van der Waals surface area contributed by atoms with Crippen molar-refractivity contribution in [3.8, 4) is 23.0 Å². The molecule has 0 saturated carbocycles. The standard InChI is InChI=1S/C18H22O4.C18H22/c1-11(7-13-3-5-15(19)17(21)9-13)12(2)8-14-4-6-16(20)18(22)10-14;1-15(13-17-9-5-3-6-10-17)16(2)14-18-11-7-4-8-12-18/h3-6,9-12,19-22H,7-8H2,1-2H3;3-12,15-16H,13-14H2,1-2H3/t11-,12+;. The van der Waals surface area contributed by atoms with Crippen LogP contribution in [0.3, 0.4) is 0 Å². The van der Waals surface area contributed by atoms with E-state index in [0.717, 1.165) is 24.0 Å². The Morgan fingerprint density at radius 2 is 0.675 bits per heavy atom. The highest BCUT2D eigenvalue weighted by Crippen LogP contribution is 2.30. The molecule has 0 aliphatic rings. The number of hydrogen-bond donors (Lipinski definition) is 4. The number of benzene rings is 4. The normalized spacial score (nSPS) is 13.9. The van der Waals surface area contributed by atoms with E-state index in [1.54, 1.807) is 12.1 Å². The highest BCUT2D eigenvalue weighted by molar-refractivity contribution is 5.41. The Bertz CT molecular complexity index is 1200. The van der Waals surface area contributed by atoms with Gasteiger partial charge in [-0.05, 0) is 95.9 Å². The highest BCUT2D eigenvalue weighted by Gasteiger charge is 2.16. The van der Waals surface area contributed by atoms with Crippen molar-refractivity contribution in [2.24, 2.45) is 23.7 Å². The first-order chi connectivity index (χ1) is 19.1. The van der Waals surface area contributed by atoms with E-state index in [-0.39, 0.29) is 23.0 Å². The van der Waals surface area contributed by atoms with Crippen LogP contribution in [-0.4, -0.2) is 20.4 Å². The van der Waals surface area contributed by atoms with Gasteiger partial charge in [-0.15, -0.1) is 0 Å². The third kappa shape index (κ3) is 9.68. The minimum absolute atomic E-state index is 0.0965. The highest BCUT2D eigenvalue weighted by atomic mass is 16.3. The molecule has 0 aliphatic heterocycles. The van der Waals surface area contributed by atoms with E-state index in [9.17, 15) is 20.4 Å². The van der Waals surface area contributed by atoms with Gasteiger partial charge in [-0.25, -0.2) is 0 Å². The maximum absolute atomic E-state index is 9.54. The average Bonchev–Trinajstić information content (AvgIpc) is 2.94. The molecule has 4 heteroatoms. The first kappa shape index (κ1) is 30.6. The summed E-state index contributed by atoms with van der Waals surface area (Å²) in [6, 6.07) is 31.4. The summed E-state index contributed by atoms with van der Waals surface area (Å²) in [6.45, 7) is 8.99. The fraction of sp³-hybridized carbons (Fsp3) is 0.333. The molecule has 4 N–H and O–H groups in total. The van der Waals surface area contributed by atoms with Crippen molar-refractivity contribution >= 4 is 0 Å².